The summed E-state index contributed by atoms with van der Waals surface area (Å²) < 4.78 is 0. The second-order valence-corrected chi connectivity index (χ2v) is 9.73. The standard InChI is InChI=1S/2C14H10Cl2N2O3.Cu/c2*15-9-5-8(13(20)11(16)6-9)7-17-18-14(21)10-3-1-2-4-12(10)19;/h2*1-7,19-20H,(H,18,21);/q;;+2/p-2/b17-7+;17-7-;. The van der Waals surface area contributed by atoms with E-state index < -0.39 is 23.3 Å². The molecule has 0 spiro atoms. The third-order valence-electron chi connectivity index (χ3n) is 5.11. The Morgan fingerprint density at radius 3 is 1.35 bits per heavy atom. The molecule has 2 amide bonds. The zero-order valence-corrected chi connectivity index (χ0v) is 25.3. The van der Waals surface area contributed by atoms with Gasteiger partial charge in [-0.15, -0.1) is 0 Å². The Morgan fingerprint density at radius 1 is 0.651 bits per heavy atom. The zero-order valence-electron chi connectivity index (χ0n) is 21.3. The molecule has 0 aliphatic heterocycles. The number of halogens is 4. The number of nitrogens with one attached hydrogen (secondary N) is 2. The van der Waals surface area contributed by atoms with Gasteiger partial charge in [0.05, 0.1) is 23.6 Å². The Balaban J connectivity index is 0.000000293. The summed E-state index contributed by atoms with van der Waals surface area (Å²) in [6, 6.07) is 17.4. The Bertz CT molecular complexity index is 1560. The number of benzene rings is 4. The fourth-order valence-corrected chi connectivity index (χ4v) is 4.14. The Morgan fingerprint density at radius 2 is 1.00 bits per heavy atom. The fourth-order valence-electron chi connectivity index (χ4n) is 3.12. The topological polar surface area (TPSA) is 169 Å². The molecule has 0 atom stereocenters. The molecule has 1 radical (unpaired) electrons. The van der Waals surface area contributed by atoms with E-state index in [1.165, 1.54) is 48.5 Å². The summed E-state index contributed by atoms with van der Waals surface area (Å²) in [5, 5.41) is 50.2. The van der Waals surface area contributed by atoms with Crippen LogP contribution in [0.2, 0.25) is 20.1 Å². The first-order valence-corrected chi connectivity index (χ1v) is 13.0. The number of nitrogens with zero attached hydrogens (tertiary/aromatic N) is 2. The molecule has 0 saturated carbocycles. The predicted octanol–water partition coefficient (Wildman–Crippen LogP) is 5.07. The van der Waals surface area contributed by atoms with Crippen LogP contribution < -0.4 is 21.1 Å². The minimum atomic E-state index is -0.607. The van der Waals surface area contributed by atoms with Crippen LogP contribution in [-0.4, -0.2) is 34.5 Å². The van der Waals surface area contributed by atoms with Crippen molar-refractivity contribution in [1.82, 2.24) is 10.9 Å². The smallest absolute Gasteiger partial charge is 0.871 e. The molecule has 0 bridgehead atoms. The quantitative estimate of drug-likeness (QED) is 0.124. The minimum absolute atomic E-state index is 0. The molecule has 43 heavy (non-hydrogen) atoms. The van der Waals surface area contributed by atoms with E-state index in [-0.39, 0.29) is 70.9 Å². The van der Waals surface area contributed by atoms with Crippen molar-refractivity contribution in [3.05, 3.63) is 115 Å². The molecule has 0 aliphatic carbocycles. The largest absolute Gasteiger partial charge is 2.00 e. The second kappa shape index (κ2) is 16.6. The van der Waals surface area contributed by atoms with E-state index in [2.05, 4.69) is 21.1 Å². The number of phenols is 2. The van der Waals surface area contributed by atoms with E-state index in [9.17, 15) is 30.0 Å². The van der Waals surface area contributed by atoms with Crippen molar-refractivity contribution in [2.75, 3.05) is 0 Å². The van der Waals surface area contributed by atoms with Gasteiger partial charge >= 0.3 is 17.1 Å². The number of hydrogen-bond donors (Lipinski definition) is 4. The van der Waals surface area contributed by atoms with Crippen LogP contribution in [0.25, 0.3) is 0 Å². The average molecular weight is 712 g/mol. The summed E-state index contributed by atoms with van der Waals surface area (Å²) in [5.41, 5.74) is 4.83. The Hall–Kier alpha value is -3.96. The first-order chi connectivity index (χ1) is 20.0. The summed E-state index contributed by atoms with van der Waals surface area (Å²) in [6.07, 6.45) is 2.27. The molecule has 10 nitrogen and oxygen atoms in total. The van der Waals surface area contributed by atoms with Crippen LogP contribution in [0.5, 0.6) is 23.0 Å². The SMILES string of the molecule is O=C(N/N=C/c1cc(Cl)cc(Cl)c1[O-])c1ccccc1O.O=C(N/N=C\c1cc(Cl)cc(Cl)c1[O-])c1ccccc1O.[Cu+2]. The Labute approximate surface area is 275 Å². The van der Waals surface area contributed by atoms with Crippen LogP contribution in [0.1, 0.15) is 31.8 Å². The third-order valence-corrected chi connectivity index (χ3v) is 6.11. The van der Waals surface area contributed by atoms with Crippen LogP contribution >= 0.6 is 46.4 Å². The molecule has 4 rings (SSSR count). The fraction of sp³-hybridized carbons (Fsp3) is 0. The van der Waals surface area contributed by atoms with E-state index in [1.807, 2.05) is 0 Å². The van der Waals surface area contributed by atoms with Gasteiger partial charge in [-0.3, -0.25) is 9.59 Å². The number of rotatable bonds is 6. The number of carbonyl (C=O) groups is 2. The Kier molecular flexibility index (Phi) is 13.6. The normalized spacial score (nSPS) is 10.5. The molecule has 4 aromatic carbocycles. The number of hydrogen-bond acceptors (Lipinski definition) is 8. The summed E-state index contributed by atoms with van der Waals surface area (Å²) in [6.45, 7) is 0. The summed E-state index contributed by atoms with van der Waals surface area (Å²) in [4.78, 5) is 23.5. The van der Waals surface area contributed by atoms with Crippen molar-refractivity contribution in [1.29, 1.82) is 0 Å². The number of phenolic OH excluding ortho intramolecular Hbond substituents is 2. The van der Waals surface area contributed by atoms with Crippen LogP contribution in [0, 0.1) is 0 Å². The predicted molar refractivity (Wildman–Crippen MR) is 158 cm³/mol. The second-order valence-electron chi connectivity index (χ2n) is 8.04. The van der Waals surface area contributed by atoms with Crippen molar-refractivity contribution in [2.45, 2.75) is 0 Å². The molecule has 0 saturated heterocycles. The monoisotopic (exact) mass is 709 g/mol. The molecule has 0 aromatic heterocycles. The van der Waals surface area contributed by atoms with Crippen molar-refractivity contribution < 1.29 is 47.1 Å². The first-order valence-electron chi connectivity index (χ1n) is 11.5. The van der Waals surface area contributed by atoms with Crippen LogP contribution in [0.15, 0.2) is 83.0 Å². The number of amides is 2. The molecular weight excluding hydrogens is 694 g/mol. The van der Waals surface area contributed by atoms with Crippen molar-refractivity contribution >= 4 is 70.6 Å². The van der Waals surface area contributed by atoms with Crippen molar-refractivity contribution in [2.24, 2.45) is 10.2 Å². The van der Waals surface area contributed by atoms with Crippen molar-refractivity contribution in [3.8, 4) is 23.0 Å². The number of para-hydroxylation sites is 2. The molecule has 0 fully saturated rings. The van der Waals surface area contributed by atoms with Gasteiger partial charge in [-0.1, -0.05) is 82.2 Å². The van der Waals surface area contributed by atoms with Gasteiger partial charge in [0.25, 0.3) is 11.8 Å². The summed E-state index contributed by atoms with van der Waals surface area (Å²) >= 11 is 22.9. The van der Waals surface area contributed by atoms with Gasteiger partial charge in [0.2, 0.25) is 0 Å². The van der Waals surface area contributed by atoms with Crippen LogP contribution in [0.4, 0.5) is 0 Å². The first kappa shape index (κ1) is 35.2. The molecule has 0 unspecified atom stereocenters. The molecule has 4 aromatic rings. The van der Waals surface area contributed by atoms with Gasteiger partial charge in [0.15, 0.2) is 0 Å². The van der Waals surface area contributed by atoms with Gasteiger partial charge < -0.3 is 20.4 Å². The summed E-state index contributed by atoms with van der Waals surface area (Å²) in [7, 11) is 0. The summed E-state index contributed by atoms with van der Waals surface area (Å²) in [5.74, 6) is -2.43. The van der Waals surface area contributed by atoms with Crippen molar-refractivity contribution in [3.63, 3.8) is 0 Å². The molecule has 0 aliphatic rings. The average Bonchev–Trinajstić information content (AvgIpc) is 2.94. The van der Waals surface area contributed by atoms with Gasteiger partial charge in [-0.05, 0) is 59.7 Å². The maximum atomic E-state index is 11.8. The number of carbonyl (C=O) groups excluding carboxylic acids is 2. The molecule has 225 valence electrons. The van der Waals surface area contributed by atoms with Crippen LogP contribution in [0.3, 0.4) is 0 Å². The maximum absolute atomic E-state index is 11.8. The van der Waals surface area contributed by atoms with Gasteiger partial charge in [-0.25, -0.2) is 10.9 Å². The molecule has 4 N–H and O–H groups in total. The number of aromatic hydroxyl groups is 2. The maximum Gasteiger partial charge on any atom is 2.00 e. The third kappa shape index (κ3) is 10.1. The van der Waals surface area contributed by atoms with Gasteiger partial charge in [-0.2, -0.15) is 10.2 Å². The zero-order chi connectivity index (χ0) is 30.8. The molecule has 0 heterocycles. The molecule has 15 heteroatoms. The van der Waals surface area contributed by atoms with E-state index in [0.29, 0.717) is 0 Å². The van der Waals surface area contributed by atoms with Gasteiger partial charge in [0.1, 0.15) is 11.5 Å². The van der Waals surface area contributed by atoms with E-state index in [0.717, 1.165) is 12.4 Å². The number of hydrazone groups is 2. The van der Waals surface area contributed by atoms with E-state index in [1.54, 1.807) is 24.3 Å². The molecular formula is C28H18Cl4CuN4O6. The van der Waals surface area contributed by atoms with E-state index in [4.69, 9.17) is 46.4 Å². The van der Waals surface area contributed by atoms with E-state index >= 15 is 0 Å². The minimum Gasteiger partial charge on any atom is -0.871 e. The van der Waals surface area contributed by atoms with Gasteiger partial charge in [0, 0.05) is 20.1 Å². The van der Waals surface area contributed by atoms with Crippen LogP contribution in [-0.2, 0) is 17.1 Å².